The number of carbonyl (C=O) groups is 1. The van der Waals surface area contributed by atoms with Crippen molar-refractivity contribution in [3.05, 3.63) is 42.6 Å². The van der Waals surface area contributed by atoms with Crippen LogP contribution in [0, 0.1) is 0 Å². The summed E-state index contributed by atoms with van der Waals surface area (Å²) in [4.78, 5) is 11.6. The highest BCUT2D eigenvalue weighted by Gasteiger charge is 2.10. The van der Waals surface area contributed by atoms with Gasteiger partial charge in [-0.3, -0.25) is 4.79 Å². The Labute approximate surface area is 95.0 Å². The Morgan fingerprint density at radius 1 is 1.50 bits per heavy atom. The van der Waals surface area contributed by atoms with Crippen LogP contribution < -0.4 is 10.6 Å². The van der Waals surface area contributed by atoms with E-state index in [1.165, 1.54) is 6.20 Å². The summed E-state index contributed by atoms with van der Waals surface area (Å²) < 4.78 is 0. The van der Waals surface area contributed by atoms with Gasteiger partial charge in [0.2, 0.25) is 5.91 Å². The van der Waals surface area contributed by atoms with E-state index in [2.05, 4.69) is 17.2 Å². The van der Waals surface area contributed by atoms with E-state index in [9.17, 15) is 4.79 Å². The summed E-state index contributed by atoms with van der Waals surface area (Å²) in [5.41, 5.74) is 1.52. The lowest BCUT2D eigenvalue weighted by Gasteiger charge is -2.12. The lowest BCUT2D eigenvalue weighted by atomic mass is 10.2. The van der Waals surface area contributed by atoms with E-state index in [1.807, 2.05) is 0 Å². The second kappa shape index (κ2) is 5.92. The molecule has 4 heteroatoms. The van der Waals surface area contributed by atoms with Gasteiger partial charge in [0.25, 0.3) is 0 Å². The van der Waals surface area contributed by atoms with Gasteiger partial charge in [-0.05, 0) is 30.8 Å². The number of amides is 1. The lowest BCUT2D eigenvalue weighted by molar-refractivity contribution is -0.117. The van der Waals surface area contributed by atoms with Crippen molar-refractivity contribution in [3.8, 4) is 0 Å². The van der Waals surface area contributed by atoms with Gasteiger partial charge in [-0.25, -0.2) is 0 Å². The zero-order valence-corrected chi connectivity index (χ0v) is 9.23. The van der Waals surface area contributed by atoms with Crippen molar-refractivity contribution in [2.75, 3.05) is 5.32 Å². The van der Waals surface area contributed by atoms with Crippen molar-refractivity contribution in [2.24, 2.45) is 0 Å². The fraction of sp³-hybridized carbons (Fsp3) is 0.250. The van der Waals surface area contributed by atoms with Gasteiger partial charge >= 0.3 is 0 Å². The van der Waals surface area contributed by atoms with E-state index in [1.54, 1.807) is 31.2 Å². The van der Waals surface area contributed by atoms with E-state index >= 15 is 0 Å². The molecular formula is C12H16N2O2. The highest BCUT2D eigenvalue weighted by Crippen LogP contribution is 2.09. The standard InChI is InChI=1S/C12H16N2O2/c1-3-13-9(2)12(16)14-11-6-4-10(8-15)5-7-11/h3-7,9,13,15H,1,8H2,2H3,(H,14,16)/t9-/m0/s1. The summed E-state index contributed by atoms with van der Waals surface area (Å²) >= 11 is 0. The van der Waals surface area contributed by atoms with Gasteiger partial charge in [0.1, 0.15) is 6.04 Å². The maximum Gasteiger partial charge on any atom is 0.246 e. The summed E-state index contributed by atoms with van der Waals surface area (Å²) in [5, 5.41) is 14.4. The highest BCUT2D eigenvalue weighted by atomic mass is 16.3. The second-order valence-electron chi connectivity index (χ2n) is 3.44. The smallest absolute Gasteiger partial charge is 0.246 e. The maximum atomic E-state index is 11.6. The van der Waals surface area contributed by atoms with Crippen LogP contribution in [0.2, 0.25) is 0 Å². The van der Waals surface area contributed by atoms with Gasteiger partial charge in [0, 0.05) is 5.69 Å². The molecular weight excluding hydrogens is 204 g/mol. The summed E-state index contributed by atoms with van der Waals surface area (Å²) in [7, 11) is 0. The Morgan fingerprint density at radius 2 is 2.12 bits per heavy atom. The molecule has 16 heavy (non-hydrogen) atoms. The first-order valence-electron chi connectivity index (χ1n) is 5.05. The van der Waals surface area contributed by atoms with Crippen LogP contribution in [0.3, 0.4) is 0 Å². The fourth-order valence-electron chi connectivity index (χ4n) is 1.20. The first kappa shape index (κ1) is 12.3. The Balaban J connectivity index is 2.58. The van der Waals surface area contributed by atoms with Gasteiger partial charge in [-0.1, -0.05) is 18.7 Å². The van der Waals surface area contributed by atoms with Crippen LogP contribution in [-0.4, -0.2) is 17.1 Å². The number of anilines is 1. The van der Waals surface area contributed by atoms with E-state index < -0.39 is 0 Å². The summed E-state index contributed by atoms with van der Waals surface area (Å²) in [6.07, 6.45) is 1.49. The molecule has 0 aliphatic carbocycles. The molecule has 0 spiro atoms. The summed E-state index contributed by atoms with van der Waals surface area (Å²) in [6.45, 7) is 5.25. The van der Waals surface area contributed by atoms with Crippen LogP contribution in [0.4, 0.5) is 5.69 Å². The van der Waals surface area contributed by atoms with Crippen LogP contribution in [0.25, 0.3) is 0 Å². The van der Waals surface area contributed by atoms with Crippen LogP contribution in [0.1, 0.15) is 12.5 Å². The van der Waals surface area contributed by atoms with Gasteiger partial charge in [0.05, 0.1) is 6.61 Å². The number of rotatable bonds is 5. The van der Waals surface area contributed by atoms with Gasteiger partial charge < -0.3 is 15.7 Å². The first-order valence-corrected chi connectivity index (χ1v) is 5.05. The zero-order valence-electron chi connectivity index (χ0n) is 9.23. The largest absolute Gasteiger partial charge is 0.392 e. The van der Waals surface area contributed by atoms with Crippen molar-refractivity contribution in [3.63, 3.8) is 0 Å². The van der Waals surface area contributed by atoms with Crippen LogP contribution in [-0.2, 0) is 11.4 Å². The van der Waals surface area contributed by atoms with Crippen molar-refractivity contribution in [1.29, 1.82) is 0 Å². The molecule has 4 nitrogen and oxygen atoms in total. The number of hydrogen-bond donors (Lipinski definition) is 3. The molecule has 1 atom stereocenters. The molecule has 86 valence electrons. The Kier molecular flexibility index (Phi) is 4.54. The number of benzene rings is 1. The molecule has 0 radical (unpaired) electrons. The number of aliphatic hydroxyl groups excluding tert-OH is 1. The molecule has 1 amide bonds. The molecule has 0 saturated carbocycles. The molecule has 0 aliphatic heterocycles. The average molecular weight is 220 g/mol. The van der Waals surface area contributed by atoms with Crippen LogP contribution >= 0.6 is 0 Å². The molecule has 0 saturated heterocycles. The van der Waals surface area contributed by atoms with E-state index in [4.69, 9.17) is 5.11 Å². The summed E-state index contributed by atoms with van der Waals surface area (Å²) in [5.74, 6) is -0.128. The van der Waals surface area contributed by atoms with Crippen molar-refractivity contribution in [2.45, 2.75) is 19.6 Å². The third kappa shape index (κ3) is 3.40. The van der Waals surface area contributed by atoms with Crippen molar-refractivity contribution in [1.82, 2.24) is 5.32 Å². The first-order chi connectivity index (χ1) is 7.67. The minimum atomic E-state index is -0.324. The van der Waals surface area contributed by atoms with Crippen molar-refractivity contribution >= 4 is 11.6 Å². The van der Waals surface area contributed by atoms with Gasteiger partial charge in [-0.15, -0.1) is 0 Å². The monoisotopic (exact) mass is 220 g/mol. The molecule has 0 fully saturated rings. The molecule has 0 heterocycles. The molecule has 1 aromatic rings. The fourth-order valence-corrected chi connectivity index (χ4v) is 1.20. The normalized spacial score (nSPS) is 11.6. The molecule has 0 aromatic heterocycles. The topological polar surface area (TPSA) is 61.4 Å². The Morgan fingerprint density at radius 3 is 2.62 bits per heavy atom. The number of nitrogens with one attached hydrogen (secondary N) is 2. The minimum absolute atomic E-state index is 0.00263. The van der Waals surface area contributed by atoms with Crippen LogP contribution in [0.15, 0.2) is 37.0 Å². The van der Waals surface area contributed by atoms with E-state index in [-0.39, 0.29) is 18.6 Å². The molecule has 3 N–H and O–H groups in total. The number of aliphatic hydroxyl groups is 1. The van der Waals surface area contributed by atoms with Crippen molar-refractivity contribution < 1.29 is 9.90 Å². The molecule has 0 aliphatic rings. The average Bonchev–Trinajstić information content (AvgIpc) is 2.30. The van der Waals surface area contributed by atoms with E-state index in [0.717, 1.165) is 5.56 Å². The quantitative estimate of drug-likeness (QED) is 0.699. The second-order valence-corrected chi connectivity index (χ2v) is 3.44. The third-order valence-corrected chi connectivity index (χ3v) is 2.17. The molecule has 1 aromatic carbocycles. The summed E-state index contributed by atoms with van der Waals surface area (Å²) in [6, 6.07) is 6.71. The van der Waals surface area contributed by atoms with Gasteiger partial charge in [-0.2, -0.15) is 0 Å². The third-order valence-electron chi connectivity index (χ3n) is 2.17. The lowest BCUT2D eigenvalue weighted by Crippen LogP contribution is -2.34. The van der Waals surface area contributed by atoms with Crippen LogP contribution in [0.5, 0.6) is 0 Å². The predicted molar refractivity (Wildman–Crippen MR) is 63.8 cm³/mol. The Hall–Kier alpha value is -1.81. The zero-order chi connectivity index (χ0) is 12.0. The minimum Gasteiger partial charge on any atom is -0.392 e. The van der Waals surface area contributed by atoms with Gasteiger partial charge in [0.15, 0.2) is 0 Å². The predicted octanol–water partition coefficient (Wildman–Crippen LogP) is 1.24. The Bertz CT molecular complexity index is 360. The maximum absolute atomic E-state index is 11.6. The number of carbonyl (C=O) groups excluding carboxylic acids is 1. The molecule has 0 unspecified atom stereocenters. The van der Waals surface area contributed by atoms with E-state index in [0.29, 0.717) is 5.69 Å². The highest BCUT2D eigenvalue weighted by molar-refractivity contribution is 5.94. The molecule has 1 rings (SSSR count). The molecule has 0 bridgehead atoms. The SMILES string of the molecule is C=CN[C@@H](C)C(=O)Nc1ccc(CO)cc1. The number of hydrogen-bond acceptors (Lipinski definition) is 3.